The molecule has 0 aliphatic rings. The molecule has 2 nitrogen and oxygen atoms in total. The van der Waals surface area contributed by atoms with E-state index in [2.05, 4.69) is 24.6 Å². The molecule has 0 unspecified atom stereocenters. The van der Waals surface area contributed by atoms with Crippen LogP contribution in [0.4, 0.5) is 4.39 Å². The molecule has 0 N–H and O–H groups in total. The summed E-state index contributed by atoms with van der Waals surface area (Å²) in [6, 6.07) is 4.72. The van der Waals surface area contributed by atoms with E-state index in [4.69, 9.17) is 0 Å². The van der Waals surface area contributed by atoms with Gasteiger partial charge in [-0.2, -0.15) is 0 Å². The number of sulfone groups is 1. The molecule has 5 heteroatoms. The molecule has 0 aliphatic carbocycles. The quantitative estimate of drug-likeness (QED) is 0.599. The molecule has 0 aromatic heterocycles. The number of rotatable bonds is 3. The number of hydrogen-bond acceptors (Lipinski definition) is 2. The fourth-order valence-corrected chi connectivity index (χ4v) is 1.67. The first-order chi connectivity index (χ1) is 7.41. The Morgan fingerprint density at radius 1 is 1.25 bits per heavy atom. The van der Waals surface area contributed by atoms with Gasteiger partial charge in [-0.05, 0) is 24.3 Å². The Hall–Kier alpha value is -0.303. The molecule has 1 aromatic rings. The van der Waals surface area contributed by atoms with Gasteiger partial charge >= 0.3 is 42.6 Å². The zero-order valence-corrected chi connectivity index (χ0v) is 10.8. The zero-order chi connectivity index (χ0) is 12.6. The normalized spacial score (nSPS) is 10.6. The predicted octanol–water partition coefficient (Wildman–Crippen LogP) is 2.60. The van der Waals surface area contributed by atoms with Crippen molar-refractivity contribution in [1.29, 1.82) is 0 Å². The fraction of sp³-hybridized carbons (Fsp3) is 0.455. The van der Waals surface area contributed by atoms with E-state index in [1.807, 2.05) is 0 Å². The Labute approximate surface area is 106 Å². The summed E-state index contributed by atoms with van der Waals surface area (Å²) in [5.74, 6) is -0.433. The maximum absolute atomic E-state index is 12.3. The van der Waals surface area contributed by atoms with E-state index < -0.39 is 15.7 Å². The molecule has 0 fully saturated rings. The van der Waals surface area contributed by atoms with E-state index in [-0.39, 0.29) is 4.90 Å². The summed E-state index contributed by atoms with van der Waals surface area (Å²) < 4.78 is 33.9. The van der Waals surface area contributed by atoms with Gasteiger partial charge in [0.05, 0.1) is 4.90 Å². The summed E-state index contributed by atoms with van der Waals surface area (Å²) in [6.45, 7) is 2.21. The summed E-state index contributed by atoms with van der Waals surface area (Å²) in [4.78, 5) is 0.138. The minimum atomic E-state index is -3.19. The monoisotopic (exact) mass is 238 g/mol. The van der Waals surface area contributed by atoms with Gasteiger partial charge in [0.15, 0.2) is 9.84 Å². The van der Waals surface area contributed by atoms with Crippen molar-refractivity contribution in [3.05, 3.63) is 30.1 Å². The Bertz CT molecular complexity index is 385. The van der Waals surface area contributed by atoms with Crippen molar-refractivity contribution >= 4 is 27.6 Å². The number of unbranched alkanes of at least 4 members (excludes halogenated alkanes) is 1. The molecule has 0 bridgehead atoms. The molecular weight excluding hydrogens is 222 g/mol. The van der Waals surface area contributed by atoms with Gasteiger partial charge in [-0.1, -0.05) is 0 Å². The van der Waals surface area contributed by atoms with Crippen LogP contribution in [0.15, 0.2) is 29.2 Å². The molecular formula is C11H16FLiO2S. The van der Waals surface area contributed by atoms with E-state index >= 15 is 0 Å². The first-order valence-corrected chi connectivity index (χ1v) is 7.26. The van der Waals surface area contributed by atoms with Gasteiger partial charge in [-0.3, -0.25) is 0 Å². The molecule has 1 aromatic carbocycles. The summed E-state index contributed by atoms with van der Waals surface area (Å²) >= 11 is 2.21. The van der Waals surface area contributed by atoms with Crippen molar-refractivity contribution in [3.8, 4) is 0 Å². The topological polar surface area (TPSA) is 34.1 Å². The van der Waals surface area contributed by atoms with Crippen LogP contribution in [0.1, 0.15) is 19.8 Å². The van der Waals surface area contributed by atoms with Crippen molar-refractivity contribution in [2.45, 2.75) is 29.8 Å². The second-order valence-electron chi connectivity index (χ2n) is 3.58. The van der Waals surface area contributed by atoms with Crippen LogP contribution in [0, 0.1) is 5.82 Å². The van der Waals surface area contributed by atoms with Crippen LogP contribution in [-0.4, -0.2) is 32.4 Å². The molecule has 0 aliphatic heterocycles. The van der Waals surface area contributed by atoms with E-state index in [0.29, 0.717) is 0 Å². The van der Waals surface area contributed by atoms with Crippen LogP contribution >= 0.6 is 0 Å². The molecule has 0 spiro atoms. The summed E-state index contributed by atoms with van der Waals surface area (Å²) in [5, 5.41) is 1.34. The number of halogens is 1. The third-order valence-electron chi connectivity index (χ3n) is 1.95. The van der Waals surface area contributed by atoms with Crippen molar-refractivity contribution < 1.29 is 12.8 Å². The van der Waals surface area contributed by atoms with Gasteiger partial charge in [0.25, 0.3) is 0 Å². The molecule has 0 atom stereocenters. The minimum absolute atomic E-state index is 0.138. The van der Waals surface area contributed by atoms with Crippen molar-refractivity contribution in [2.75, 3.05) is 6.26 Å². The predicted molar refractivity (Wildman–Crippen MR) is 65.0 cm³/mol. The second kappa shape index (κ2) is 7.89. The zero-order valence-electron chi connectivity index (χ0n) is 10.0. The second-order valence-corrected chi connectivity index (χ2v) is 5.60. The molecule has 86 valence electrons. The van der Waals surface area contributed by atoms with Gasteiger partial charge in [-0.15, -0.1) is 0 Å². The maximum atomic E-state index is 12.3. The molecule has 1 rings (SSSR count). The van der Waals surface area contributed by atoms with Crippen LogP contribution in [0.2, 0.25) is 5.09 Å². The Morgan fingerprint density at radius 3 is 2.00 bits per heavy atom. The van der Waals surface area contributed by atoms with Gasteiger partial charge in [-0.25, -0.2) is 12.8 Å². The summed E-state index contributed by atoms with van der Waals surface area (Å²) in [5.41, 5.74) is 0. The fourth-order valence-electron chi connectivity index (χ4n) is 1.04. The number of benzene rings is 1. The van der Waals surface area contributed by atoms with Crippen LogP contribution in [0.5, 0.6) is 0 Å². The third-order valence-corrected chi connectivity index (χ3v) is 3.08. The van der Waals surface area contributed by atoms with Crippen LogP contribution in [-0.2, 0) is 9.84 Å². The molecule has 0 saturated carbocycles. The van der Waals surface area contributed by atoms with Gasteiger partial charge < -0.3 is 0 Å². The third kappa shape index (κ3) is 7.05. The molecule has 0 heterocycles. The van der Waals surface area contributed by atoms with Crippen molar-refractivity contribution in [3.63, 3.8) is 0 Å². The van der Waals surface area contributed by atoms with E-state index in [0.717, 1.165) is 18.4 Å². The van der Waals surface area contributed by atoms with Crippen LogP contribution in [0.25, 0.3) is 0 Å². The summed E-state index contributed by atoms with van der Waals surface area (Å²) in [7, 11) is -3.19. The van der Waals surface area contributed by atoms with Crippen molar-refractivity contribution in [2.24, 2.45) is 0 Å². The van der Waals surface area contributed by atoms with E-state index in [9.17, 15) is 12.8 Å². The van der Waals surface area contributed by atoms with Gasteiger partial charge in [0, 0.05) is 6.26 Å². The SMILES string of the molecule is CS(=O)(=O)c1ccc(F)cc1.[Li][CH2]CCC. The Balaban J connectivity index is 0.000000385. The first-order valence-electron chi connectivity index (χ1n) is 5.37. The average Bonchev–Trinajstić information content (AvgIpc) is 2.19. The van der Waals surface area contributed by atoms with Crippen LogP contribution < -0.4 is 0 Å². The Morgan fingerprint density at radius 2 is 1.75 bits per heavy atom. The summed E-state index contributed by atoms with van der Waals surface area (Å²) in [6.07, 6.45) is 3.82. The molecule has 16 heavy (non-hydrogen) atoms. The average molecular weight is 238 g/mol. The molecule has 0 saturated heterocycles. The first kappa shape index (κ1) is 15.7. The number of hydrogen-bond donors (Lipinski definition) is 0. The standard InChI is InChI=1S/C7H7FO2S.C4H9.Li/c1-11(9,10)7-4-2-6(8)3-5-7;1-3-4-2;/h2-5H,1H3;1,3-4H2,2H3;. The van der Waals surface area contributed by atoms with E-state index in [1.165, 1.54) is 30.1 Å². The van der Waals surface area contributed by atoms with Gasteiger partial charge in [0.1, 0.15) is 5.82 Å². The van der Waals surface area contributed by atoms with E-state index in [1.54, 1.807) is 0 Å². The Kier molecular flexibility index (Phi) is 7.74. The van der Waals surface area contributed by atoms with Crippen molar-refractivity contribution in [1.82, 2.24) is 0 Å². The van der Waals surface area contributed by atoms with Crippen LogP contribution in [0.3, 0.4) is 0 Å². The molecule has 0 amide bonds. The van der Waals surface area contributed by atoms with Gasteiger partial charge in [0.2, 0.25) is 0 Å². The molecule has 0 radical (unpaired) electrons.